The lowest BCUT2D eigenvalue weighted by molar-refractivity contribution is 0.0911. The molecule has 0 atom stereocenters. The van der Waals surface area contributed by atoms with Gasteiger partial charge in [-0.2, -0.15) is 10.1 Å². The molecule has 1 aliphatic heterocycles. The minimum atomic E-state index is -0.639. The molecular formula is C17H12N4O5. The van der Waals surface area contributed by atoms with E-state index in [4.69, 9.17) is 14.0 Å². The number of hydrogen-bond acceptors (Lipinski definition) is 8. The summed E-state index contributed by atoms with van der Waals surface area (Å²) in [5.74, 6) is 0.771. The molecule has 3 aromatic rings. The smallest absolute Gasteiger partial charge is 0.329 e. The van der Waals surface area contributed by atoms with Gasteiger partial charge in [0.2, 0.25) is 12.6 Å². The molecule has 1 amide bonds. The lowest BCUT2D eigenvalue weighted by atomic mass is 10.2. The topological polar surface area (TPSA) is 119 Å². The fourth-order valence-electron chi connectivity index (χ4n) is 2.25. The van der Waals surface area contributed by atoms with Gasteiger partial charge >= 0.3 is 11.8 Å². The molecule has 26 heavy (non-hydrogen) atoms. The Kier molecular flexibility index (Phi) is 3.94. The number of rotatable bonds is 4. The van der Waals surface area contributed by atoms with E-state index in [1.54, 1.807) is 30.3 Å². The highest BCUT2D eigenvalue weighted by atomic mass is 16.7. The molecular weight excluding hydrogens is 340 g/mol. The molecule has 2 aromatic carbocycles. The first-order valence-electron chi connectivity index (χ1n) is 7.55. The Labute approximate surface area is 146 Å². The fraction of sp³-hybridized carbons (Fsp3) is 0.0588. The van der Waals surface area contributed by atoms with Crippen LogP contribution in [0.4, 0.5) is 0 Å². The van der Waals surface area contributed by atoms with Crippen molar-refractivity contribution in [2.75, 3.05) is 6.79 Å². The third-order valence-electron chi connectivity index (χ3n) is 3.52. The zero-order valence-corrected chi connectivity index (χ0v) is 13.2. The minimum absolute atomic E-state index is 0.119. The van der Waals surface area contributed by atoms with E-state index in [1.807, 2.05) is 0 Å². The van der Waals surface area contributed by atoms with E-state index < -0.39 is 5.91 Å². The molecule has 0 bridgehead atoms. The van der Waals surface area contributed by atoms with Crippen molar-refractivity contribution in [3.05, 3.63) is 53.9 Å². The molecule has 2 heterocycles. The summed E-state index contributed by atoms with van der Waals surface area (Å²) in [6, 6.07) is 11.5. The summed E-state index contributed by atoms with van der Waals surface area (Å²) in [5.41, 5.74) is 3.64. The van der Waals surface area contributed by atoms with E-state index in [0.29, 0.717) is 17.1 Å². The number of aromatic nitrogens is 2. The monoisotopic (exact) mass is 352 g/mol. The summed E-state index contributed by atoms with van der Waals surface area (Å²) in [7, 11) is 0. The van der Waals surface area contributed by atoms with Crippen molar-refractivity contribution in [3.63, 3.8) is 0 Å². The normalized spacial score (nSPS) is 12.5. The summed E-state index contributed by atoms with van der Waals surface area (Å²) in [5, 5.41) is 16.9. The highest BCUT2D eigenvalue weighted by molar-refractivity contribution is 5.91. The predicted molar refractivity (Wildman–Crippen MR) is 89.0 cm³/mol. The quantitative estimate of drug-likeness (QED) is 0.544. The van der Waals surface area contributed by atoms with Crippen molar-refractivity contribution >= 4 is 12.1 Å². The first-order chi connectivity index (χ1) is 12.7. The van der Waals surface area contributed by atoms with Crippen molar-refractivity contribution in [2.24, 2.45) is 5.10 Å². The number of nitrogens with one attached hydrogen (secondary N) is 1. The Morgan fingerprint density at radius 1 is 1.15 bits per heavy atom. The van der Waals surface area contributed by atoms with Gasteiger partial charge in [0.25, 0.3) is 0 Å². The number of carbonyl (C=O) groups excluding carboxylic acids is 1. The van der Waals surface area contributed by atoms with Gasteiger partial charge in [-0.05, 0) is 48.0 Å². The van der Waals surface area contributed by atoms with Crippen LogP contribution >= 0.6 is 0 Å². The summed E-state index contributed by atoms with van der Waals surface area (Å²) in [6.07, 6.45) is 1.46. The van der Waals surface area contributed by atoms with Gasteiger partial charge < -0.3 is 19.1 Å². The number of hydrogen-bond donors (Lipinski definition) is 2. The highest BCUT2D eigenvalue weighted by Gasteiger charge is 2.16. The maximum Gasteiger partial charge on any atom is 0.329 e. The number of hydrazone groups is 1. The maximum absolute atomic E-state index is 12.0. The molecule has 0 spiro atoms. The molecule has 0 radical (unpaired) electrons. The largest absolute Gasteiger partial charge is 0.508 e. The second kappa shape index (κ2) is 6.55. The van der Waals surface area contributed by atoms with E-state index >= 15 is 0 Å². The Morgan fingerprint density at radius 3 is 2.81 bits per heavy atom. The Hall–Kier alpha value is -3.88. The zero-order chi connectivity index (χ0) is 17.9. The van der Waals surface area contributed by atoms with Crippen LogP contribution in [0, 0.1) is 0 Å². The van der Waals surface area contributed by atoms with Gasteiger partial charge in [0, 0.05) is 5.56 Å². The SMILES string of the molecule is O=C(N/N=C/c1ccc2c(c1)OCO2)c1nc(-c2ccc(O)cc2)no1. The van der Waals surface area contributed by atoms with Crippen molar-refractivity contribution in [1.82, 2.24) is 15.6 Å². The average molecular weight is 352 g/mol. The van der Waals surface area contributed by atoms with Crippen LogP contribution in [0.1, 0.15) is 16.2 Å². The number of phenolic OH excluding ortho intramolecular Hbond substituents is 1. The minimum Gasteiger partial charge on any atom is -0.508 e. The molecule has 0 unspecified atom stereocenters. The first kappa shape index (κ1) is 15.6. The van der Waals surface area contributed by atoms with Gasteiger partial charge in [-0.15, -0.1) is 0 Å². The third kappa shape index (κ3) is 3.18. The molecule has 4 rings (SSSR count). The van der Waals surface area contributed by atoms with Crippen LogP contribution in [0.5, 0.6) is 17.2 Å². The molecule has 1 aromatic heterocycles. The van der Waals surface area contributed by atoms with Crippen molar-refractivity contribution in [2.45, 2.75) is 0 Å². The summed E-state index contributed by atoms with van der Waals surface area (Å²) in [6.45, 7) is 0.188. The number of aromatic hydroxyl groups is 1. The number of amides is 1. The molecule has 130 valence electrons. The second-order valence-electron chi connectivity index (χ2n) is 5.28. The van der Waals surface area contributed by atoms with E-state index in [-0.39, 0.29) is 24.3 Å². The van der Waals surface area contributed by atoms with Crippen molar-refractivity contribution in [1.29, 1.82) is 0 Å². The van der Waals surface area contributed by atoms with Crippen LogP contribution in [0.3, 0.4) is 0 Å². The predicted octanol–water partition coefficient (Wildman–Crippen LogP) is 1.93. The number of fused-ring (bicyclic) bond motifs is 1. The molecule has 9 nitrogen and oxygen atoms in total. The Bertz CT molecular complexity index is 981. The van der Waals surface area contributed by atoms with Crippen molar-refractivity contribution < 1.29 is 23.9 Å². The molecule has 9 heteroatoms. The highest BCUT2D eigenvalue weighted by Crippen LogP contribution is 2.31. The lowest BCUT2D eigenvalue weighted by Gasteiger charge is -1.97. The van der Waals surface area contributed by atoms with Gasteiger partial charge in [0.05, 0.1) is 6.21 Å². The fourth-order valence-corrected chi connectivity index (χ4v) is 2.25. The molecule has 2 N–H and O–H groups in total. The number of carbonyl (C=O) groups is 1. The van der Waals surface area contributed by atoms with Gasteiger partial charge in [0.1, 0.15) is 5.75 Å². The lowest BCUT2D eigenvalue weighted by Crippen LogP contribution is -2.17. The van der Waals surface area contributed by atoms with E-state index in [2.05, 4.69) is 20.7 Å². The summed E-state index contributed by atoms with van der Waals surface area (Å²) >= 11 is 0. The van der Waals surface area contributed by atoms with Crippen LogP contribution in [0.15, 0.2) is 52.1 Å². The van der Waals surface area contributed by atoms with Gasteiger partial charge in [-0.3, -0.25) is 4.79 Å². The van der Waals surface area contributed by atoms with Crippen LogP contribution in [-0.4, -0.2) is 34.2 Å². The van der Waals surface area contributed by atoms with Crippen LogP contribution in [0.2, 0.25) is 0 Å². The molecule has 0 aliphatic carbocycles. The molecule has 0 fully saturated rings. The van der Waals surface area contributed by atoms with E-state index in [0.717, 1.165) is 5.56 Å². The first-order valence-corrected chi connectivity index (χ1v) is 7.55. The Balaban J connectivity index is 1.41. The van der Waals surface area contributed by atoms with Crippen LogP contribution in [0.25, 0.3) is 11.4 Å². The molecule has 0 saturated heterocycles. The maximum atomic E-state index is 12.0. The third-order valence-corrected chi connectivity index (χ3v) is 3.52. The van der Waals surface area contributed by atoms with Crippen LogP contribution < -0.4 is 14.9 Å². The average Bonchev–Trinajstić information content (AvgIpc) is 3.31. The van der Waals surface area contributed by atoms with Gasteiger partial charge in [-0.1, -0.05) is 5.16 Å². The Morgan fingerprint density at radius 2 is 1.96 bits per heavy atom. The zero-order valence-electron chi connectivity index (χ0n) is 13.2. The molecule has 1 aliphatic rings. The van der Waals surface area contributed by atoms with Gasteiger partial charge in [-0.25, -0.2) is 5.43 Å². The molecule has 0 saturated carbocycles. The van der Waals surface area contributed by atoms with Gasteiger partial charge in [0.15, 0.2) is 11.5 Å². The van der Waals surface area contributed by atoms with Crippen molar-refractivity contribution in [3.8, 4) is 28.6 Å². The number of phenols is 1. The summed E-state index contributed by atoms with van der Waals surface area (Å²) in [4.78, 5) is 16.0. The summed E-state index contributed by atoms with van der Waals surface area (Å²) < 4.78 is 15.4. The van der Waals surface area contributed by atoms with Crippen LogP contribution in [-0.2, 0) is 0 Å². The number of nitrogens with zero attached hydrogens (tertiary/aromatic N) is 3. The number of ether oxygens (including phenoxy) is 2. The van der Waals surface area contributed by atoms with E-state index in [1.165, 1.54) is 18.3 Å². The van der Waals surface area contributed by atoms with E-state index in [9.17, 15) is 9.90 Å². The number of benzene rings is 2. The standard InChI is InChI=1S/C17H12N4O5/c22-12-4-2-11(3-5-12)15-19-17(26-21-15)16(23)20-18-8-10-1-6-13-14(7-10)25-9-24-13/h1-8,22H,9H2,(H,20,23)/b18-8+. The second-order valence-corrected chi connectivity index (χ2v) is 5.28.